The van der Waals surface area contributed by atoms with Crippen LogP contribution < -0.4 is 27.4 Å². The van der Waals surface area contributed by atoms with Gasteiger partial charge in [-0.05, 0) is 24.1 Å². The van der Waals surface area contributed by atoms with Crippen LogP contribution in [0, 0.1) is 0 Å². The third-order valence-corrected chi connectivity index (χ3v) is 4.47. The van der Waals surface area contributed by atoms with Crippen LogP contribution in [-0.4, -0.2) is 75.6 Å². The number of phenolic OH excluding ortho intramolecular Hbond substituents is 1. The summed E-state index contributed by atoms with van der Waals surface area (Å²) in [5, 5.41) is 33.6. The molecule has 0 heterocycles. The van der Waals surface area contributed by atoms with Crippen molar-refractivity contribution in [3.63, 3.8) is 0 Å². The van der Waals surface area contributed by atoms with E-state index in [1.807, 2.05) is 0 Å². The number of hydrogen-bond donors (Lipinski definition) is 8. The maximum Gasteiger partial charge on any atom is 0.322 e. The van der Waals surface area contributed by atoms with Gasteiger partial charge in [0.2, 0.25) is 23.6 Å². The smallest absolute Gasteiger partial charge is 0.322 e. The number of aromatic hydroxyl groups is 1. The molecule has 3 atom stereocenters. The maximum atomic E-state index is 12.8. The van der Waals surface area contributed by atoms with Gasteiger partial charge in [-0.1, -0.05) is 12.1 Å². The molecule has 0 saturated heterocycles. The van der Waals surface area contributed by atoms with Crippen LogP contribution in [0.25, 0.3) is 0 Å². The van der Waals surface area contributed by atoms with Gasteiger partial charge < -0.3 is 42.7 Å². The molecule has 14 nitrogen and oxygen atoms in total. The van der Waals surface area contributed by atoms with Gasteiger partial charge in [0.25, 0.3) is 0 Å². The minimum Gasteiger partial charge on any atom is -0.508 e. The Morgan fingerprint density at radius 3 is 1.97 bits per heavy atom. The molecule has 3 unspecified atom stereocenters. The Balaban J connectivity index is 3.00. The molecule has 0 spiro atoms. The first-order valence-corrected chi connectivity index (χ1v) is 10.0. The lowest BCUT2D eigenvalue weighted by Gasteiger charge is -2.23. The number of nitrogens with one attached hydrogen (secondary N) is 3. The van der Waals surface area contributed by atoms with Gasteiger partial charge in [-0.25, -0.2) is 0 Å². The molecule has 0 aliphatic rings. The molecular formula is C20H27N5O9. The van der Waals surface area contributed by atoms with E-state index in [-0.39, 0.29) is 18.6 Å². The van der Waals surface area contributed by atoms with E-state index in [2.05, 4.69) is 16.0 Å². The summed E-state index contributed by atoms with van der Waals surface area (Å²) in [4.78, 5) is 70.4. The van der Waals surface area contributed by atoms with Crippen LogP contribution in [0.15, 0.2) is 24.3 Å². The highest BCUT2D eigenvalue weighted by atomic mass is 16.4. The number of amides is 4. The normalized spacial score (nSPS) is 13.1. The van der Waals surface area contributed by atoms with Crippen molar-refractivity contribution in [1.82, 2.24) is 16.0 Å². The number of benzene rings is 1. The van der Waals surface area contributed by atoms with Crippen molar-refractivity contribution in [2.75, 3.05) is 6.54 Å². The van der Waals surface area contributed by atoms with E-state index in [0.717, 1.165) is 0 Å². The molecule has 186 valence electrons. The van der Waals surface area contributed by atoms with Crippen molar-refractivity contribution < 1.29 is 44.1 Å². The summed E-state index contributed by atoms with van der Waals surface area (Å²) in [6.07, 6.45) is -1.40. The van der Waals surface area contributed by atoms with Crippen LogP contribution in [-0.2, 0) is 35.2 Å². The minimum atomic E-state index is -1.53. The van der Waals surface area contributed by atoms with Crippen LogP contribution in [0.1, 0.15) is 24.8 Å². The van der Waals surface area contributed by atoms with E-state index < -0.39 is 73.1 Å². The molecule has 0 aliphatic carbocycles. The van der Waals surface area contributed by atoms with Gasteiger partial charge in [0.15, 0.2) is 0 Å². The van der Waals surface area contributed by atoms with Crippen LogP contribution >= 0.6 is 0 Å². The fourth-order valence-corrected chi connectivity index (χ4v) is 2.73. The second-order valence-corrected chi connectivity index (χ2v) is 7.31. The molecule has 4 amide bonds. The predicted molar refractivity (Wildman–Crippen MR) is 115 cm³/mol. The second-order valence-electron chi connectivity index (χ2n) is 7.31. The number of carbonyl (C=O) groups excluding carboxylic acids is 4. The zero-order chi connectivity index (χ0) is 25.8. The highest BCUT2D eigenvalue weighted by molar-refractivity contribution is 5.96. The standard InChI is InChI=1S/C20H27N5O9/c21-12(5-6-16(28)29)18(32)24-14(8-15(22)27)20(34)25-13(19(33)23-9-17(30)31)7-10-1-3-11(26)4-2-10/h1-4,12-14,26H,5-9,21H2,(H2,22,27)(H,23,33)(H,24,32)(H,25,34)(H,28,29)(H,30,31). The number of primary amides is 1. The molecule has 10 N–H and O–H groups in total. The average Bonchev–Trinajstić information content (AvgIpc) is 2.75. The molecule has 0 aromatic heterocycles. The number of hydrogen-bond acceptors (Lipinski definition) is 8. The first kappa shape index (κ1) is 27.8. The van der Waals surface area contributed by atoms with Crippen molar-refractivity contribution in [1.29, 1.82) is 0 Å². The van der Waals surface area contributed by atoms with Gasteiger partial charge in [0, 0.05) is 12.8 Å². The highest BCUT2D eigenvalue weighted by Crippen LogP contribution is 2.12. The molecule has 1 rings (SSSR count). The number of aliphatic carboxylic acids is 2. The molecule has 1 aromatic carbocycles. The van der Waals surface area contributed by atoms with Crippen molar-refractivity contribution in [2.45, 2.75) is 43.8 Å². The molecular weight excluding hydrogens is 454 g/mol. The summed E-state index contributed by atoms with van der Waals surface area (Å²) in [6.45, 7) is -0.722. The van der Waals surface area contributed by atoms with Crippen LogP contribution in [0.5, 0.6) is 5.75 Å². The minimum absolute atomic E-state index is 0.0388. The molecule has 0 aliphatic heterocycles. The topological polar surface area (TPSA) is 251 Å². The summed E-state index contributed by atoms with van der Waals surface area (Å²) in [5.74, 6) is -6.24. The number of carboxylic acids is 2. The Bertz CT molecular complexity index is 920. The Hall–Kier alpha value is -4.20. The van der Waals surface area contributed by atoms with Gasteiger partial charge in [-0.15, -0.1) is 0 Å². The maximum absolute atomic E-state index is 12.8. The SMILES string of the molecule is NC(=O)CC(NC(=O)C(N)CCC(=O)O)C(=O)NC(Cc1ccc(O)cc1)C(=O)NCC(=O)O. The lowest BCUT2D eigenvalue weighted by molar-refractivity contribution is -0.139. The predicted octanol–water partition coefficient (Wildman–Crippen LogP) is -2.83. The van der Waals surface area contributed by atoms with Crippen molar-refractivity contribution in [2.24, 2.45) is 11.5 Å². The monoisotopic (exact) mass is 481 g/mol. The van der Waals surface area contributed by atoms with Crippen LogP contribution in [0.3, 0.4) is 0 Å². The number of phenols is 1. The van der Waals surface area contributed by atoms with E-state index in [1.54, 1.807) is 0 Å². The van der Waals surface area contributed by atoms with Gasteiger partial charge in [-0.2, -0.15) is 0 Å². The summed E-state index contributed by atoms with van der Waals surface area (Å²) in [7, 11) is 0. The quantitative estimate of drug-likeness (QED) is 0.135. The Labute approximate surface area is 193 Å². The average molecular weight is 481 g/mol. The van der Waals surface area contributed by atoms with E-state index >= 15 is 0 Å². The zero-order valence-corrected chi connectivity index (χ0v) is 18.0. The summed E-state index contributed by atoms with van der Waals surface area (Å²) in [6, 6.07) is 1.51. The fraction of sp³-hybridized carbons (Fsp3) is 0.400. The summed E-state index contributed by atoms with van der Waals surface area (Å²) in [5.41, 5.74) is 11.3. The Morgan fingerprint density at radius 2 is 1.44 bits per heavy atom. The Kier molecular flexibility index (Phi) is 10.9. The lowest BCUT2D eigenvalue weighted by atomic mass is 10.0. The fourth-order valence-electron chi connectivity index (χ4n) is 2.73. The first-order valence-electron chi connectivity index (χ1n) is 10.0. The molecule has 34 heavy (non-hydrogen) atoms. The lowest BCUT2D eigenvalue weighted by Crippen LogP contribution is -2.57. The largest absolute Gasteiger partial charge is 0.508 e. The van der Waals surface area contributed by atoms with Gasteiger partial charge in [0.1, 0.15) is 24.4 Å². The van der Waals surface area contributed by atoms with E-state index in [0.29, 0.717) is 5.56 Å². The molecule has 0 fully saturated rings. The molecule has 14 heteroatoms. The Morgan fingerprint density at radius 1 is 0.853 bits per heavy atom. The van der Waals surface area contributed by atoms with Gasteiger partial charge in [0.05, 0.1) is 12.5 Å². The molecule has 1 aromatic rings. The molecule has 0 saturated carbocycles. The van der Waals surface area contributed by atoms with E-state index in [4.69, 9.17) is 21.7 Å². The summed E-state index contributed by atoms with van der Waals surface area (Å²) < 4.78 is 0. The highest BCUT2D eigenvalue weighted by Gasteiger charge is 2.29. The number of nitrogens with two attached hydrogens (primary N) is 2. The number of carboxylic acid groups (broad SMARTS) is 2. The third-order valence-electron chi connectivity index (χ3n) is 4.47. The molecule has 0 bridgehead atoms. The van der Waals surface area contributed by atoms with Crippen LogP contribution in [0.4, 0.5) is 0 Å². The second kappa shape index (κ2) is 13.4. The van der Waals surface area contributed by atoms with Crippen molar-refractivity contribution in [3.8, 4) is 5.75 Å². The van der Waals surface area contributed by atoms with Crippen molar-refractivity contribution in [3.05, 3.63) is 29.8 Å². The van der Waals surface area contributed by atoms with Gasteiger partial charge >= 0.3 is 11.9 Å². The van der Waals surface area contributed by atoms with Crippen molar-refractivity contribution >= 4 is 35.6 Å². The number of rotatable bonds is 14. The van der Waals surface area contributed by atoms with E-state index in [9.17, 15) is 33.9 Å². The summed E-state index contributed by atoms with van der Waals surface area (Å²) >= 11 is 0. The van der Waals surface area contributed by atoms with E-state index in [1.165, 1.54) is 24.3 Å². The first-order chi connectivity index (χ1) is 15.9. The molecule has 0 radical (unpaired) electrons. The van der Waals surface area contributed by atoms with Gasteiger partial charge in [-0.3, -0.25) is 28.8 Å². The zero-order valence-electron chi connectivity index (χ0n) is 18.0. The number of carbonyl (C=O) groups is 6. The van der Waals surface area contributed by atoms with Crippen LogP contribution in [0.2, 0.25) is 0 Å². The third kappa shape index (κ3) is 10.4.